The molecule has 8 nitrogen and oxygen atoms in total. The summed E-state index contributed by atoms with van der Waals surface area (Å²) in [5.41, 5.74) is 0. The van der Waals surface area contributed by atoms with Gasteiger partial charge < -0.3 is 24.8 Å². The molecule has 0 radical (unpaired) electrons. The van der Waals surface area contributed by atoms with Gasteiger partial charge in [0.05, 0.1) is 6.61 Å². The predicted molar refractivity (Wildman–Crippen MR) is 116 cm³/mol. The molecule has 3 heterocycles. The van der Waals surface area contributed by atoms with Gasteiger partial charge in [-0.1, -0.05) is 19.8 Å². The number of guanidine groups is 1. The van der Waals surface area contributed by atoms with Crippen LogP contribution in [0, 0.1) is 5.92 Å². The van der Waals surface area contributed by atoms with E-state index in [4.69, 9.17) is 9.73 Å². The molecule has 2 aliphatic heterocycles. The molecule has 164 valence electrons. The Kier molecular flexibility index (Phi) is 9.72. The molecule has 2 N–H and O–H groups in total. The first-order valence-electron chi connectivity index (χ1n) is 11.5. The molecule has 1 atom stereocenters. The van der Waals surface area contributed by atoms with Crippen molar-refractivity contribution in [3.05, 3.63) is 12.2 Å². The lowest BCUT2D eigenvalue weighted by molar-refractivity contribution is 0.187. The molecule has 0 aromatic carbocycles. The van der Waals surface area contributed by atoms with Gasteiger partial charge in [0.1, 0.15) is 12.2 Å². The van der Waals surface area contributed by atoms with Crippen LogP contribution in [0.5, 0.6) is 0 Å². The van der Waals surface area contributed by atoms with E-state index in [0.29, 0.717) is 5.92 Å². The molecule has 0 bridgehead atoms. The summed E-state index contributed by atoms with van der Waals surface area (Å²) < 4.78 is 7.59. The Balaban J connectivity index is 1.41. The molecular weight excluding hydrogens is 366 g/mol. The first-order valence-corrected chi connectivity index (χ1v) is 11.5. The van der Waals surface area contributed by atoms with Crippen molar-refractivity contribution in [3.8, 4) is 0 Å². The Hall–Kier alpha value is -1.67. The van der Waals surface area contributed by atoms with Crippen LogP contribution in [0.4, 0.5) is 0 Å². The van der Waals surface area contributed by atoms with E-state index in [1.165, 1.54) is 45.3 Å². The SMILES string of the molecule is CCc1nncn1CCNC(=NCC1CCOC1)NCCCN1CCCCCC1. The van der Waals surface area contributed by atoms with E-state index in [1.807, 2.05) is 6.33 Å². The Morgan fingerprint density at radius 1 is 1.17 bits per heavy atom. The van der Waals surface area contributed by atoms with E-state index >= 15 is 0 Å². The molecule has 1 aromatic heterocycles. The summed E-state index contributed by atoms with van der Waals surface area (Å²) in [5.74, 6) is 2.49. The van der Waals surface area contributed by atoms with Crippen molar-refractivity contribution in [1.29, 1.82) is 0 Å². The number of hydrogen-bond acceptors (Lipinski definition) is 5. The lowest BCUT2D eigenvalue weighted by atomic mass is 10.1. The first-order chi connectivity index (χ1) is 14.3. The van der Waals surface area contributed by atoms with Crippen molar-refractivity contribution in [2.24, 2.45) is 10.9 Å². The number of aliphatic imine (C=N–C) groups is 1. The van der Waals surface area contributed by atoms with Crippen molar-refractivity contribution in [2.45, 2.75) is 58.4 Å². The smallest absolute Gasteiger partial charge is 0.191 e. The molecule has 8 heteroatoms. The van der Waals surface area contributed by atoms with Crippen LogP contribution in [0.15, 0.2) is 11.3 Å². The third-order valence-corrected chi connectivity index (χ3v) is 5.83. The van der Waals surface area contributed by atoms with Crippen molar-refractivity contribution < 1.29 is 4.74 Å². The summed E-state index contributed by atoms with van der Waals surface area (Å²) in [4.78, 5) is 7.44. The maximum atomic E-state index is 5.49. The van der Waals surface area contributed by atoms with Gasteiger partial charge in [-0.3, -0.25) is 4.99 Å². The third kappa shape index (κ3) is 7.93. The largest absolute Gasteiger partial charge is 0.381 e. The lowest BCUT2D eigenvalue weighted by Gasteiger charge is -2.20. The van der Waals surface area contributed by atoms with Gasteiger partial charge in [-0.2, -0.15) is 0 Å². The highest BCUT2D eigenvalue weighted by Gasteiger charge is 2.15. The molecule has 3 rings (SSSR count). The lowest BCUT2D eigenvalue weighted by Crippen LogP contribution is -2.40. The monoisotopic (exact) mass is 405 g/mol. The molecule has 0 amide bonds. The molecule has 0 saturated carbocycles. The molecule has 2 saturated heterocycles. The Morgan fingerprint density at radius 2 is 2.00 bits per heavy atom. The quantitative estimate of drug-likeness (QED) is 0.350. The summed E-state index contributed by atoms with van der Waals surface area (Å²) in [5, 5.41) is 15.2. The van der Waals surface area contributed by atoms with Gasteiger partial charge in [-0.25, -0.2) is 0 Å². The number of likely N-dealkylation sites (tertiary alicyclic amines) is 1. The fraction of sp³-hybridized carbons (Fsp3) is 0.857. The molecule has 29 heavy (non-hydrogen) atoms. The van der Waals surface area contributed by atoms with Crippen LogP contribution in [0.25, 0.3) is 0 Å². The normalized spacial score (nSPS) is 21.3. The second kappa shape index (κ2) is 12.8. The van der Waals surface area contributed by atoms with Gasteiger partial charge in [0.25, 0.3) is 0 Å². The molecule has 2 fully saturated rings. The predicted octanol–water partition coefficient (Wildman–Crippen LogP) is 1.68. The zero-order chi connectivity index (χ0) is 20.2. The summed E-state index contributed by atoms with van der Waals surface area (Å²) in [6.45, 7) is 11.0. The highest BCUT2D eigenvalue weighted by atomic mass is 16.5. The maximum absolute atomic E-state index is 5.49. The zero-order valence-corrected chi connectivity index (χ0v) is 18.1. The van der Waals surface area contributed by atoms with Crippen molar-refractivity contribution in [3.63, 3.8) is 0 Å². The van der Waals surface area contributed by atoms with Gasteiger partial charge >= 0.3 is 0 Å². The van der Waals surface area contributed by atoms with E-state index in [9.17, 15) is 0 Å². The number of ether oxygens (including phenoxy) is 1. The van der Waals surface area contributed by atoms with Crippen LogP contribution in [0.1, 0.15) is 51.3 Å². The maximum Gasteiger partial charge on any atom is 0.191 e. The Bertz CT molecular complexity index is 590. The third-order valence-electron chi connectivity index (χ3n) is 5.83. The highest BCUT2D eigenvalue weighted by molar-refractivity contribution is 5.79. The van der Waals surface area contributed by atoms with Gasteiger partial charge in [-0.05, 0) is 45.3 Å². The average molecular weight is 406 g/mol. The van der Waals surface area contributed by atoms with E-state index < -0.39 is 0 Å². The zero-order valence-electron chi connectivity index (χ0n) is 18.1. The first kappa shape index (κ1) is 22.0. The topological polar surface area (TPSA) is 79.6 Å². The summed E-state index contributed by atoms with van der Waals surface area (Å²) in [6, 6.07) is 0. The second-order valence-corrected chi connectivity index (χ2v) is 8.18. The van der Waals surface area contributed by atoms with Crippen LogP contribution in [0.2, 0.25) is 0 Å². The van der Waals surface area contributed by atoms with Gasteiger partial charge in [0, 0.05) is 45.1 Å². The van der Waals surface area contributed by atoms with Crippen LogP contribution in [-0.2, 0) is 17.7 Å². The second-order valence-electron chi connectivity index (χ2n) is 8.18. The van der Waals surface area contributed by atoms with E-state index in [0.717, 1.165) is 70.4 Å². The van der Waals surface area contributed by atoms with Crippen molar-refractivity contribution in [1.82, 2.24) is 30.3 Å². The Morgan fingerprint density at radius 3 is 2.76 bits per heavy atom. The molecule has 0 spiro atoms. The summed E-state index contributed by atoms with van der Waals surface area (Å²) in [6.07, 6.45) is 10.5. The highest BCUT2D eigenvalue weighted by Crippen LogP contribution is 2.12. The number of rotatable bonds is 10. The van der Waals surface area contributed by atoms with E-state index in [2.05, 4.69) is 37.2 Å². The van der Waals surface area contributed by atoms with Gasteiger partial charge in [0.15, 0.2) is 5.96 Å². The summed E-state index contributed by atoms with van der Waals surface area (Å²) >= 11 is 0. The molecule has 0 aliphatic carbocycles. The summed E-state index contributed by atoms with van der Waals surface area (Å²) in [7, 11) is 0. The number of aryl methyl sites for hydroxylation is 1. The van der Waals surface area contributed by atoms with Crippen LogP contribution in [0.3, 0.4) is 0 Å². The number of nitrogens with zero attached hydrogens (tertiary/aromatic N) is 5. The minimum Gasteiger partial charge on any atom is -0.381 e. The van der Waals surface area contributed by atoms with Gasteiger partial charge in [-0.15, -0.1) is 10.2 Å². The molecular formula is C21H39N7O. The minimum absolute atomic E-state index is 0.551. The molecule has 1 unspecified atom stereocenters. The van der Waals surface area contributed by atoms with Crippen molar-refractivity contribution >= 4 is 5.96 Å². The van der Waals surface area contributed by atoms with Gasteiger partial charge in [0.2, 0.25) is 0 Å². The van der Waals surface area contributed by atoms with Crippen molar-refractivity contribution in [2.75, 3.05) is 52.5 Å². The molecule has 2 aliphatic rings. The fourth-order valence-corrected chi connectivity index (χ4v) is 4.03. The minimum atomic E-state index is 0.551. The van der Waals surface area contributed by atoms with Crippen LogP contribution in [-0.4, -0.2) is 78.1 Å². The standard InChI is InChI=1S/C21H39N7O/c1-2-20-26-25-18-28(20)14-10-23-21(24-16-19-8-15-29-17-19)22-9-7-13-27-11-5-3-4-6-12-27/h18-19H,2-17H2,1H3,(H2,22,23,24). The number of nitrogens with one attached hydrogen (secondary N) is 2. The fourth-order valence-electron chi connectivity index (χ4n) is 4.03. The Labute approximate surface area is 175 Å². The van der Waals surface area contributed by atoms with E-state index in [1.54, 1.807) is 0 Å². The van der Waals surface area contributed by atoms with Crippen LogP contribution >= 0.6 is 0 Å². The molecule has 1 aromatic rings. The number of hydrogen-bond donors (Lipinski definition) is 2. The van der Waals surface area contributed by atoms with Crippen LogP contribution < -0.4 is 10.6 Å². The number of aromatic nitrogens is 3. The average Bonchev–Trinajstić information content (AvgIpc) is 3.35. The van der Waals surface area contributed by atoms with E-state index in [-0.39, 0.29) is 0 Å².